The van der Waals surface area contributed by atoms with E-state index in [1.165, 1.54) is 11.0 Å². The smallest absolute Gasteiger partial charge is 0.407 e. The fourth-order valence-electron chi connectivity index (χ4n) is 5.44. The molecule has 1 aromatic carbocycles. The molecule has 31 heavy (non-hydrogen) atoms. The molecule has 1 saturated heterocycles. The van der Waals surface area contributed by atoms with Gasteiger partial charge in [0.05, 0.1) is 0 Å². The first-order chi connectivity index (χ1) is 14.9. The summed E-state index contributed by atoms with van der Waals surface area (Å²) in [6.45, 7) is 1.59. The Kier molecular flexibility index (Phi) is 5.02. The average Bonchev–Trinajstić information content (AvgIpc) is 3.15. The molecule has 166 valence electrons. The van der Waals surface area contributed by atoms with Gasteiger partial charge in [0, 0.05) is 37.2 Å². The van der Waals surface area contributed by atoms with E-state index >= 15 is 0 Å². The number of rotatable bonds is 3. The third kappa shape index (κ3) is 3.51. The van der Waals surface area contributed by atoms with Crippen LogP contribution in [0.15, 0.2) is 12.1 Å². The molecule has 10 heteroatoms. The summed E-state index contributed by atoms with van der Waals surface area (Å²) >= 11 is 0. The minimum Gasteiger partial charge on any atom is -0.465 e. The van der Waals surface area contributed by atoms with Gasteiger partial charge in [-0.05, 0) is 43.6 Å². The van der Waals surface area contributed by atoms with E-state index in [-0.39, 0.29) is 23.4 Å². The summed E-state index contributed by atoms with van der Waals surface area (Å²) in [5.41, 5.74) is 0.0934. The molecule has 2 N–H and O–H groups in total. The van der Waals surface area contributed by atoms with Crippen LogP contribution in [0.3, 0.4) is 0 Å². The molecule has 2 aromatic rings. The monoisotopic (exact) mass is 435 g/mol. The van der Waals surface area contributed by atoms with E-state index in [0.29, 0.717) is 37.8 Å². The number of nitrogens with zero attached hydrogens (tertiary/aromatic N) is 4. The quantitative estimate of drug-likeness (QED) is 0.717. The Morgan fingerprint density at radius 1 is 1.06 bits per heavy atom. The fourth-order valence-corrected chi connectivity index (χ4v) is 5.44. The number of amides is 1. The number of halogens is 3. The maximum absolute atomic E-state index is 14.5. The number of hydrogen-bond acceptors (Lipinski definition) is 4. The Bertz CT molecular complexity index is 999. The number of aromatic nitrogens is 3. The predicted molar refractivity (Wildman–Crippen MR) is 105 cm³/mol. The average molecular weight is 435 g/mol. The van der Waals surface area contributed by atoms with Crippen molar-refractivity contribution in [1.29, 1.82) is 0 Å². The zero-order valence-electron chi connectivity index (χ0n) is 16.9. The first-order valence-electron chi connectivity index (χ1n) is 10.7. The molecular weight excluding hydrogens is 411 g/mol. The van der Waals surface area contributed by atoms with Crippen LogP contribution < -0.4 is 5.32 Å². The molecule has 0 radical (unpaired) electrons. The van der Waals surface area contributed by atoms with Crippen molar-refractivity contribution in [3.63, 3.8) is 0 Å². The SMILES string of the molecule is O=C(O)N1C[C@H]2CC[C@@H](C1)C2Nc1nc2n(n1)CCCCC2c1ccc(F)c(F)c1F. The predicted octanol–water partition coefficient (Wildman–Crippen LogP) is 3.81. The Morgan fingerprint density at radius 2 is 1.81 bits per heavy atom. The molecular formula is C21H24F3N5O2. The fraction of sp³-hybridized carbons (Fsp3) is 0.571. The van der Waals surface area contributed by atoms with Crippen LogP contribution in [0.2, 0.25) is 0 Å². The van der Waals surface area contributed by atoms with Crippen molar-refractivity contribution in [2.75, 3.05) is 18.4 Å². The van der Waals surface area contributed by atoms with E-state index in [1.807, 2.05) is 0 Å². The van der Waals surface area contributed by atoms with Crippen LogP contribution in [0.1, 0.15) is 49.4 Å². The van der Waals surface area contributed by atoms with Gasteiger partial charge in [-0.3, -0.25) is 0 Å². The highest BCUT2D eigenvalue weighted by molar-refractivity contribution is 5.65. The summed E-state index contributed by atoms with van der Waals surface area (Å²) in [7, 11) is 0. The van der Waals surface area contributed by atoms with Gasteiger partial charge in [0.2, 0.25) is 5.95 Å². The molecule has 5 rings (SSSR count). The normalized spacial score (nSPS) is 27.6. The van der Waals surface area contributed by atoms with E-state index in [4.69, 9.17) is 0 Å². The number of piperidine rings is 1. The summed E-state index contributed by atoms with van der Waals surface area (Å²) in [5, 5.41) is 17.3. The summed E-state index contributed by atoms with van der Waals surface area (Å²) < 4.78 is 43.6. The molecule has 1 aliphatic carbocycles. The van der Waals surface area contributed by atoms with Crippen LogP contribution in [0.4, 0.5) is 23.9 Å². The number of hydrogen-bond donors (Lipinski definition) is 2. The lowest BCUT2D eigenvalue weighted by molar-refractivity contribution is 0.112. The van der Waals surface area contributed by atoms with Crippen molar-refractivity contribution in [2.24, 2.45) is 11.8 Å². The van der Waals surface area contributed by atoms with E-state index in [2.05, 4.69) is 15.4 Å². The lowest BCUT2D eigenvalue weighted by Crippen LogP contribution is -2.49. The number of aryl methyl sites for hydroxylation is 1. The van der Waals surface area contributed by atoms with Gasteiger partial charge >= 0.3 is 6.09 Å². The minimum atomic E-state index is -1.46. The number of likely N-dealkylation sites (tertiary alicyclic amines) is 1. The molecule has 4 atom stereocenters. The summed E-state index contributed by atoms with van der Waals surface area (Å²) in [6, 6.07) is 2.32. The Labute approximate surface area is 177 Å². The molecule has 2 unspecified atom stereocenters. The number of nitrogens with one attached hydrogen (secondary N) is 1. The third-order valence-corrected chi connectivity index (χ3v) is 6.97. The number of anilines is 1. The Balaban J connectivity index is 1.41. The summed E-state index contributed by atoms with van der Waals surface area (Å²) in [4.78, 5) is 17.4. The molecule has 1 amide bonds. The molecule has 1 aromatic heterocycles. The molecule has 2 aliphatic heterocycles. The maximum Gasteiger partial charge on any atom is 0.407 e. The highest BCUT2D eigenvalue weighted by Crippen LogP contribution is 2.39. The van der Waals surface area contributed by atoms with Crippen LogP contribution >= 0.6 is 0 Å². The number of fused-ring (bicyclic) bond motifs is 3. The zero-order valence-corrected chi connectivity index (χ0v) is 16.9. The molecule has 2 bridgehead atoms. The van der Waals surface area contributed by atoms with Crippen LogP contribution in [-0.2, 0) is 6.54 Å². The second-order valence-electron chi connectivity index (χ2n) is 8.78. The Morgan fingerprint density at radius 3 is 2.52 bits per heavy atom. The Hall–Kier alpha value is -2.78. The van der Waals surface area contributed by atoms with Gasteiger partial charge < -0.3 is 15.3 Å². The van der Waals surface area contributed by atoms with Gasteiger partial charge in [-0.15, -0.1) is 5.10 Å². The van der Waals surface area contributed by atoms with Gasteiger partial charge in [0.25, 0.3) is 0 Å². The van der Waals surface area contributed by atoms with Gasteiger partial charge in [-0.1, -0.05) is 12.5 Å². The van der Waals surface area contributed by atoms with Crippen LogP contribution in [0.5, 0.6) is 0 Å². The molecule has 3 aliphatic rings. The van der Waals surface area contributed by atoms with Gasteiger partial charge in [0.15, 0.2) is 17.5 Å². The van der Waals surface area contributed by atoms with Gasteiger partial charge in [0.1, 0.15) is 5.82 Å². The first kappa shape index (κ1) is 20.1. The highest BCUT2D eigenvalue weighted by Gasteiger charge is 2.44. The molecule has 1 saturated carbocycles. The molecule has 7 nitrogen and oxygen atoms in total. The van der Waals surface area contributed by atoms with Crippen molar-refractivity contribution in [3.8, 4) is 0 Å². The standard InChI is InChI=1S/C21H24F3N5O2/c22-15-7-6-13(16(23)17(15)24)14-3-1-2-8-29-19(14)26-20(27-29)25-18-11-4-5-12(18)10-28(9-11)21(30)31/h6-7,11-12,14,18H,1-5,8-10H2,(H,25,27)(H,30,31)/t11-,12+,14?,18?. The van der Waals surface area contributed by atoms with Crippen molar-refractivity contribution < 1.29 is 23.1 Å². The number of carbonyl (C=O) groups is 1. The van der Waals surface area contributed by atoms with E-state index < -0.39 is 29.5 Å². The summed E-state index contributed by atoms with van der Waals surface area (Å²) in [5.74, 6) is -3.00. The second-order valence-corrected chi connectivity index (χ2v) is 8.78. The van der Waals surface area contributed by atoms with E-state index in [0.717, 1.165) is 31.7 Å². The lowest BCUT2D eigenvalue weighted by Gasteiger charge is -2.36. The molecule has 3 heterocycles. The van der Waals surface area contributed by atoms with E-state index in [1.54, 1.807) is 4.68 Å². The van der Waals surface area contributed by atoms with Crippen LogP contribution in [-0.4, -0.2) is 50.0 Å². The molecule has 2 fully saturated rings. The lowest BCUT2D eigenvalue weighted by atomic mass is 9.92. The highest BCUT2D eigenvalue weighted by atomic mass is 19.2. The zero-order chi connectivity index (χ0) is 21.7. The van der Waals surface area contributed by atoms with Crippen molar-refractivity contribution >= 4 is 12.0 Å². The number of carboxylic acid groups (broad SMARTS) is 1. The van der Waals surface area contributed by atoms with Crippen LogP contribution in [0, 0.1) is 29.3 Å². The summed E-state index contributed by atoms with van der Waals surface area (Å²) in [6.07, 6.45) is 3.21. The third-order valence-electron chi connectivity index (χ3n) is 6.97. The van der Waals surface area contributed by atoms with Gasteiger partial charge in [-0.25, -0.2) is 22.6 Å². The minimum absolute atomic E-state index is 0.0840. The van der Waals surface area contributed by atoms with Crippen molar-refractivity contribution in [2.45, 2.75) is 50.6 Å². The van der Waals surface area contributed by atoms with Crippen molar-refractivity contribution in [1.82, 2.24) is 19.7 Å². The van der Waals surface area contributed by atoms with Crippen LogP contribution in [0.25, 0.3) is 0 Å². The topological polar surface area (TPSA) is 83.3 Å². The first-order valence-corrected chi connectivity index (χ1v) is 10.7. The molecule has 0 spiro atoms. The number of benzene rings is 1. The van der Waals surface area contributed by atoms with Crippen molar-refractivity contribution in [3.05, 3.63) is 41.0 Å². The van der Waals surface area contributed by atoms with E-state index in [9.17, 15) is 23.1 Å². The van der Waals surface area contributed by atoms with Gasteiger partial charge in [-0.2, -0.15) is 4.98 Å². The second kappa shape index (κ2) is 7.72. The largest absolute Gasteiger partial charge is 0.465 e. The maximum atomic E-state index is 14.5.